The van der Waals surface area contributed by atoms with Gasteiger partial charge in [0.2, 0.25) is 11.9 Å². The Hall–Kier alpha value is -3.67. The van der Waals surface area contributed by atoms with Crippen LogP contribution in [0.5, 0.6) is 0 Å². The molecule has 0 radical (unpaired) electrons. The van der Waals surface area contributed by atoms with Gasteiger partial charge >= 0.3 is 0 Å². The second kappa shape index (κ2) is 7.99. The lowest BCUT2D eigenvalue weighted by atomic mass is 10.1. The highest BCUT2D eigenvalue weighted by Gasteiger charge is 2.23. The smallest absolute Gasteiger partial charge is 0.242 e. The van der Waals surface area contributed by atoms with Crippen LogP contribution in [0.2, 0.25) is 0 Å². The van der Waals surface area contributed by atoms with E-state index in [4.69, 9.17) is 0 Å². The van der Waals surface area contributed by atoms with Gasteiger partial charge in [-0.25, -0.2) is 9.97 Å². The molecule has 0 aliphatic carbocycles. The Labute approximate surface area is 175 Å². The van der Waals surface area contributed by atoms with E-state index < -0.39 is 0 Å². The van der Waals surface area contributed by atoms with Crippen LogP contribution in [0.1, 0.15) is 0 Å². The highest BCUT2D eigenvalue weighted by molar-refractivity contribution is 5.89. The van der Waals surface area contributed by atoms with E-state index in [9.17, 15) is 4.79 Å². The van der Waals surface area contributed by atoms with E-state index in [0.29, 0.717) is 19.6 Å². The van der Waals surface area contributed by atoms with Gasteiger partial charge in [-0.2, -0.15) is 0 Å². The molecule has 1 aliphatic rings. The monoisotopic (exact) mass is 397 g/mol. The van der Waals surface area contributed by atoms with Crippen molar-refractivity contribution in [3.8, 4) is 11.3 Å². The van der Waals surface area contributed by atoms with Crippen LogP contribution in [0, 0.1) is 0 Å². The number of para-hydroxylation sites is 1. The Kier molecular flexibility index (Phi) is 4.89. The lowest BCUT2D eigenvalue weighted by Crippen LogP contribution is -2.50. The predicted molar refractivity (Wildman–Crippen MR) is 118 cm³/mol. The Morgan fingerprint density at radius 2 is 1.53 bits per heavy atom. The number of hydrogen-bond acceptors (Lipinski definition) is 4. The summed E-state index contributed by atoms with van der Waals surface area (Å²) in [5, 5.41) is 1.15. The largest absolute Gasteiger partial charge is 0.338 e. The third-order valence-corrected chi connectivity index (χ3v) is 5.64. The maximum atomic E-state index is 13.2. The number of anilines is 1. The van der Waals surface area contributed by atoms with Crippen molar-refractivity contribution in [1.82, 2.24) is 19.4 Å². The van der Waals surface area contributed by atoms with Gasteiger partial charge in [0, 0.05) is 55.2 Å². The number of benzene rings is 2. The number of piperazine rings is 1. The summed E-state index contributed by atoms with van der Waals surface area (Å²) in [5.41, 5.74) is 3.27. The van der Waals surface area contributed by atoms with Gasteiger partial charge in [0.15, 0.2) is 0 Å². The van der Waals surface area contributed by atoms with Gasteiger partial charge in [-0.05, 0) is 23.8 Å². The molecule has 2 aromatic carbocycles. The summed E-state index contributed by atoms with van der Waals surface area (Å²) in [5.74, 6) is 0.870. The molecule has 150 valence electrons. The van der Waals surface area contributed by atoms with Crippen LogP contribution < -0.4 is 4.90 Å². The normalized spacial score (nSPS) is 14.3. The molecule has 0 saturated carbocycles. The van der Waals surface area contributed by atoms with Crippen LogP contribution in [0.3, 0.4) is 0 Å². The van der Waals surface area contributed by atoms with E-state index in [1.54, 1.807) is 12.4 Å². The van der Waals surface area contributed by atoms with Gasteiger partial charge in [0.05, 0.1) is 0 Å². The number of rotatable bonds is 4. The fraction of sp³-hybridized carbons (Fsp3) is 0.208. The second-order valence-electron chi connectivity index (χ2n) is 7.46. The number of carbonyl (C=O) groups excluding carboxylic acids is 1. The third kappa shape index (κ3) is 3.52. The molecule has 1 saturated heterocycles. The van der Waals surface area contributed by atoms with Gasteiger partial charge in [-0.15, -0.1) is 0 Å². The Morgan fingerprint density at radius 3 is 2.30 bits per heavy atom. The summed E-state index contributed by atoms with van der Waals surface area (Å²) < 4.78 is 2.14. The highest BCUT2D eigenvalue weighted by Crippen LogP contribution is 2.28. The second-order valence-corrected chi connectivity index (χ2v) is 7.46. The van der Waals surface area contributed by atoms with Crippen LogP contribution in [-0.4, -0.2) is 51.5 Å². The zero-order valence-electron chi connectivity index (χ0n) is 16.7. The lowest BCUT2D eigenvalue weighted by Gasteiger charge is -2.35. The summed E-state index contributed by atoms with van der Waals surface area (Å²) in [6.45, 7) is 3.18. The average Bonchev–Trinajstić information content (AvgIpc) is 3.19. The van der Waals surface area contributed by atoms with Crippen molar-refractivity contribution >= 4 is 22.8 Å². The molecule has 0 N–H and O–H groups in total. The van der Waals surface area contributed by atoms with Crippen LogP contribution in [0.25, 0.3) is 22.2 Å². The van der Waals surface area contributed by atoms with E-state index >= 15 is 0 Å². The van der Waals surface area contributed by atoms with Gasteiger partial charge in [-0.1, -0.05) is 48.5 Å². The number of carbonyl (C=O) groups is 1. The van der Waals surface area contributed by atoms with Crippen LogP contribution in [-0.2, 0) is 11.3 Å². The number of nitrogens with zero attached hydrogens (tertiary/aromatic N) is 5. The van der Waals surface area contributed by atoms with Crippen molar-refractivity contribution in [1.29, 1.82) is 0 Å². The molecule has 6 heteroatoms. The van der Waals surface area contributed by atoms with Crippen molar-refractivity contribution in [3.05, 3.63) is 79.1 Å². The first-order valence-electron chi connectivity index (χ1n) is 10.2. The molecule has 30 heavy (non-hydrogen) atoms. The van der Waals surface area contributed by atoms with Crippen LogP contribution >= 0.6 is 0 Å². The molecular formula is C24H23N5O. The number of amides is 1. The molecule has 6 nitrogen and oxygen atoms in total. The summed E-state index contributed by atoms with van der Waals surface area (Å²) in [4.78, 5) is 25.9. The first kappa shape index (κ1) is 18.4. The molecule has 2 aromatic heterocycles. The first-order chi connectivity index (χ1) is 14.8. The van der Waals surface area contributed by atoms with Gasteiger partial charge in [0.25, 0.3) is 0 Å². The zero-order valence-corrected chi connectivity index (χ0v) is 16.7. The summed E-state index contributed by atoms with van der Waals surface area (Å²) in [6, 6.07) is 22.5. The van der Waals surface area contributed by atoms with E-state index in [1.807, 2.05) is 41.3 Å². The fourth-order valence-corrected chi connectivity index (χ4v) is 4.07. The molecular weight excluding hydrogens is 374 g/mol. The standard InChI is InChI=1S/C24H23N5O/c30-23(27-13-15-28(16-14-27)24-25-11-6-12-26-24)18-29-21-10-5-4-9-20(21)17-22(29)19-7-2-1-3-8-19/h1-12,17H,13-16,18H2. The van der Waals surface area contributed by atoms with Crippen molar-refractivity contribution in [2.45, 2.75) is 6.54 Å². The van der Waals surface area contributed by atoms with Crippen LogP contribution in [0.15, 0.2) is 79.1 Å². The van der Waals surface area contributed by atoms with Crippen molar-refractivity contribution in [3.63, 3.8) is 0 Å². The summed E-state index contributed by atoms with van der Waals surface area (Å²) >= 11 is 0. The molecule has 3 heterocycles. The minimum Gasteiger partial charge on any atom is -0.338 e. The van der Waals surface area contributed by atoms with Crippen molar-refractivity contribution in [2.24, 2.45) is 0 Å². The van der Waals surface area contributed by atoms with E-state index in [-0.39, 0.29) is 5.91 Å². The zero-order chi connectivity index (χ0) is 20.3. The number of fused-ring (bicyclic) bond motifs is 1. The molecule has 1 amide bonds. The van der Waals surface area contributed by atoms with E-state index in [1.165, 1.54) is 0 Å². The molecule has 4 aromatic rings. The first-order valence-corrected chi connectivity index (χ1v) is 10.2. The third-order valence-electron chi connectivity index (χ3n) is 5.64. The number of aromatic nitrogens is 3. The van der Waals surface area contributed by atoms with Crippen molar-refractivity contribution < 1.29 is 4.79 Å². The molecule has 0 unspecified atom stereocenters. The fourth-order valence-electron chi connectivity index (χ4n) is 4.07. The minimum absolute atomic E-state index is 0.141. The van der Waals surface area contributed by atoms with Gasteiger partial charge < -0.3 is 14.4 Å². The molecule has 0 spiro atoms. The number of hydrogen-bond donors (Lipinski definition) is 0. The summed E-state index contributed by atoms with van der Waals surface area (Å²) in [7, 11) is 0. The highest BCUT2D eigenvalue weighted by atomic mass is 16.2. The molecule has 1 fully saturated rings. The lowest BCUT2D eigenvalue weighted by molar-refractivity contribution is -0.132. The average molecular weight is 397 g/mol. The molecule has 5 rings (SSSR count). The Morgan fingerprint density at radius 1 is 0.833 bits per heavy atom. The Bertz CT molecular complexity index is 1150. The SMILES string of the molecule is O=C(Cn1c(-c2ccccc2)cc2ccccc21)N1CCN(c2ncccn2)CC1. The van der Waals surface area contributed by atoms with Crippen molar-refractivity contribution in [2.75, 3.05) is 31.1 Å². The van der Waals surface area contributed by atoms with Crippen LogP contribution in [0.4, 0.5) is 5.95 Å². The van der Waals surface area contributed by atoms with E-state index in [2.05, 4.69) is 49.8 Å². The molecule has 0 bridgehead atoms. The molecule has 1 aliphatic heterocycles. The maximum Gasteiger partial charge on any atom is 0.242 e. The topological polar surface area (TPSA) is 54.3 Å². The minimum atomic E-state index is 0.141. The Balaban J connectivity index is 1.36. The predicted octanol–water partition coefficient (Wildman–Crippen LogP) is 3.45. The van der Waals surface area contributed by atoms with Gasteiger partial charge in [-0.3, -0.25) is 4.79 Å². The van der Waals surface area contributed by atoms with E-state index in [0.717, 1.165) is 41.2 Å². The summed E-state index contributed by atoms with van der Waals surface area (Å²) in [6.07, 6.45) is 3.50. The molecule has 0 atom stereocenters. The van der Waals surface area contributed by atoms with Gasteiger partial charge in [0.1, 0.15) is 6.54 Å². The quantitative estimate of drug-likeness (QED) is 0.529. The maximum absolute atomic E-state index is 13.2.